The fourth-order valence-corrected chi connectivity index (χ4v) is 1.19. The van der Waals surface area contributed by atoms with Crippen LogP contribution in [0.15, 0.2) is 18.2 Å². The van der Waals surface area contributed by atoms with E-state index in [-0.39, 0.29) is 18.2 Å². The predicted octanol–water partition coefficient (Wildman–Crippen LogP) is 2.49. The maximum absolute atomic E-state index is 7.41. The Kier molecular flexibility index (Phi) is 5.79. The first-order valence-electron chi connectivity index (χ1n) is 4.73. The molecular weight excluding hydrogens is 212 g/mol. The van der Waals surface area contributed by atoms with Gasteiger partial charge in [0.1, 0.15) is 11.6 Å². The van der Waals surface area contributed by atoms with Crippen LogP contribution in [-0.4, -0.2) is 12.4 Å². The molecule has 0 spiro atoms. The summed E-state index contributed by atoms with van der Waals surface area (Å²) in [4.78, 5) is 0. The number of nitrogens with one attached hydrogen (secondary N) is 1. The highest BCUT2D eigenvalue weighted by Crippen LogP contribution is 2.19. The van der Waals surface area contributed by atoms with Crippen molar-refractivity contribution >= 4 is 18.2 Å². The Morgan fingerprint density at radius 2 is 2.13 bits per heavy atom. The maximum Gasteiger partial charge on any atom is 0.130 e. The van der Waals surface area contributed by atoms with Gasteiger partial charge in [0.25, 0.3) is 0 Å². The van der Waals surface area contributed by atoms with E-state index in [1.807, 2.05) is 32.0 Å². The smallest absolute Gasteiger partial charge is 0.130 e. The highest BCUT2D eigenvalue weighted by atomic mass is 35.5. The number of nitrogens with two attached hydrogens (primary N) is 1. The molecular formula is C11H17ClN2O. The minimum atomic E-state index is 0. The molecule has 4 heteroatoms. The third kappa shape index (κ3) is 3.80. The lowest BCUT2D eigenvalue weighted by Gasteiger charge is -2.10. The molecule has 0 aromatic heterocycles. The second-order valence-electron chi connectivity index (χ2n) is 3.26. The van der Waals surface area contributed by atoms with Crippen molar-refractivity contribution in [2.75, 3.05) is 6.61 Å². The number of hydrogen-bond donors (Lipinski definition) is 2. The van der Waals surface area contributed by atoms with Gasteiger partial charge in [-0.1, -0.05) is 18.6 Å². The zero-order chi connectivity index (χ0) is 10.6. The Morgan fingerprint density at radius 3 is 2.67 bits per heavy atom. The number of halogens is 1. The van der Waals surface area contributed by atoms with E-state index in [4.69, 9.17) is 15.9 Å². The first-order chi connectivity index (χ1) is 6.65. The van der Waals surface area contributed by atoms with Crippen LogP contribution < -0.4 is 10.5 Å². The van der Waals surface area contributed by atoms with Gasteiger partial charge in [-0.05, 0) is 25.5 Å². The molecule has 84 valence electrons. The molecule has 0 aliphatic carbocycles. The van der Waals surface area contributed by atoms with Crippen LogP contribution in [0.5, 0.6) is 5.75 Å². The Balaban J connectivity index is 0.00000196. The summed E-state index contributed by atoms with van der Waals surface area (Å²) < 4.78 is 5.48. The van der Waals surface area contributed by atoms with Gasteiger partial charge in [0.05, 0.1) is 12.2 Å². The lowest BCUT2D eigenvalue weighted by atomic mass is 10.1. The number of benzene rings is 1. The minimum absolute atomic E-state index is 0. The van der Waals surface area contributed by atoms with E-state index in [2.05, 4.69) is 0 Å². The molecule has 0 radical (unpaired) electrons. The molecule has 0 unspecified atom stereocenters. The van der Waals surface area contributed by atoms with Crippen LogP contribution in [0, 0.1) is 12.3 Å². The Bertz CT molecular complexity index is 339. The van der Waals surface area contributed by atoms with E-state index >= 15 is 0 Å². The van der Waals surface area contributed by atoms with E-state index in [1.165, 1.54) is 0 Å². The molecule has 0 aliphatic heterocycles. The average Bonchev–Trinajstić information content (AvgIpc) is 2.15. The molecule has 1 rings (SSSR count). The second-order valence-corrected chi connectivity index (χ2v) is 3.26. The van der Waals surface area contributed by atoms with Gasteiger partial charge < -0.3 is 10.5 Å². The van der Waals surface area contributed by atoms with Gasteiger partial charge in [0.2, 0.25) is 0 Å². The van der Waals surface area contributed by atoms with Gasteiger partial charge in [-0.3, -0.25) is 5.41 Å². The second kappa shape index (κ2) is 6.30. The Labute approximate surface area is 96.5 Å². The van der Waals surface area contributed by atoms with Crippen molar-refractivity contribution in [3.8, 4) is 5.75 Å². The largest absolute Gasteiger partial charge is 0.493 e. The molecule has 0 fully saturated rings. The van der Waals surface area contributed by atoms with Crippen LogP contribution in [-0.2, 0) is 0 Å². The van der Waals surface area contributed by atoms with Crippen LogP contribution in [0.3, 0.4) is 0 Å². The van der Waals surface area contributed by atoms with Crippen molar-refractivity contribution in [1.29, 1.82) is 5.41 Å². The lowest BCUT2D eigenvalue weighted by molar-refractivity contribution is 0.317. The third-order valence-corrected chi connectivity index (χ3v) is 1.89. The molecule has 0 bridgehead atoms. The predicted molar refractivity (Wildman–Crippen MR) is 65.2 cm³/mol. The zero-order valence-electron chi connectivity index (χ0n) is 9.04. The molecule has 1 aromatic carbocycles. The van der Waals surface area contributed by atoms with Crippen molar-refractivity contribution in [2.45, 2.75) is 20.3 Å². The van der Waals surface area contributed by atoms with E-state index in [9.17, 15) is 0 Å². The maximum atomic E-state index is 7.41. The van der Waals surface area contributed by atoms with E-state index in [0.29, 0.717) is 17.9 Å². The molecule has 0 heterocycles. The normalized spacial score (nSPS) is 9.20. The van der Waals surface area contributed by atoms with Gasteiger partial charge in [-0.2, -0.15) is 0 Å². The zero-order valence-corrected chi connectivity index (χ0v) is 9.86. The summed E-state index contributed by atoms with van der Waals surface area (Å²) >= 11 is 0. The minimum Gasteiger partial charge on any atom is -0.493 e. The highest BCUT2D eigenvalue weighted by Gasteiger charge is 2.05. The van der Waals surface area contributed by atoms with Crippen LogP contribution in [0.2, 0.25) is 0 Å². The lowest BCUT2D eigenvalue weighted by Crippen LogP contribution is -2.13. The topological polar surface area (TPSA) is 59.1 Å². The number of nitrogen functional groups attached to an aromatic ring is 1. The number of hydrogen-bond acceptors (Lipinski definition) is 2. The molecule has 3 N–H and O–H groups in total. The molecule has 0 amide bonds. The van der Waals surface area contributed by atoms with Crippen LogP contribution >= 0.6 is 12.4 Å². The third-order valence-electron chi connectivity index (χ3n) is 1.89. The molecule has 0 saturated carbocycles. The fourth-order valence-electron chi connectivity index (χ4n) is 1.19. The standard InChI is InChI=1S/C11H16N2O.ClH/c1-3-6-14-10-5-4-8(2)7-9(10)11(12)13;/h4-5,7H,3,6H2,1-2H3,(H3,12,13);1H. The van der Waals surface area contributed by atoms with Crippen molar-refractivity contribution < 1.29 is 4.74 Å². The van der Waals surface area contributed by atoms with Gasteiger partial charge in [-0.25, -0.2) is 0 Å². The Morgan fingerprint density at radius 1 is 1.47 bits per heavy atom. The highest BCUT2D eigenvalue weighted by molar-refractivity contribution is 5.97. The van der Waals surface area contributed by atoms with Gasteiger partial charge in [-0.15, -0.1) is 12.4 Å². The molecule has 15 heavy (non-hydrogen) atoms. The molecule has 0 atom stereocenters. The number of rotatable bonds is 4. The van der Waals surface area contributed by atoms with E-state index in [0.717, 1.165) is 12.0 Å². The summed E-state index contributed by atoms with van der Waals surface area (Å²) in [5.74, 6) is 0.754. The summed E-state index contributed by atoms with van der Waals surface area (Å²) in [6.07, 6.45) is 0.950. The molecule has 0 saturated heterocycles. The summed E-state index contributed by atoms with van der Waals surface area (Å²) in [6.45, 7) is 4.67. The quantitative estimate of drug-likeness (QED) is 0.615. The Hall–Kier alpha value is -1.22. The molecule has 0 aliphatic rings. The fraction of sp³-hybridized carbons (Fsp3) is 0.364. The monoisotopic (exact) mass is 228 g/mol. The van der Waals surface area contributed by atoms with Gasteiger partial charge in [0.15, 0.2) is 0 Å². The number of amidine groups is 1. The van der Waals surface area contributed by atoms with E-state index in [1.54, 1.807) is 0 Å². The summed E-state index contributed by atoms with van der Waals surface area (Å²) in [7, 11) is 0. The average molecular weight is 229 g/mol. The summed E-state index contributed by atoms with van der Waals surface area (Å²) in [5, 5.41) is 7.41. The van der Waals surface area contributed by atoms with Crippen molar-refractivity contribution in [3.05, 3.63) is 29.3 Å². The van der Waals surface area contributed by atoms with Crippen molar-refractivity contribution in [1.82, 2.24) is 0 Å². The van der Waals surface area contributed by atoms with E-state index < -0.39 is 0 Å². The van der Waals surface area contributed by atoms with Gasteiger partial charge >= 0.3 is 0 Å². The van der Waals surface area contributed by atoms with Crippen LogP contribution in [0.4, 0.5) is 0 Å². The van der Waals surface area contributed by atoms with Gasteiger partial charge in [0, 0.05) is 0 Å². The van der Waals surface area contributed by atoms with Crippen molar-refractivity contribution in [2.24, 2.45) is 5.73 Å². The number of aryl methyl sites for hydroxylation is 1. The summed E-state index contributed by atoms with van der Waals surface area (Å²) in [6, 6.07) is 5.69. The molecule has 1 aromatic rings. The first-order valence-corrected chi connectivity index (χ1v) is 4.73. The molecule has 3 nitrogen and oxygen atoms in total. The summed E-state index contributed by atoms with van der Waals surface area (Å²) in [5.41, 5.74) is 7.22. The number of ether oxygens (including phenoxy) is 1. The van der Waals surface area contributed by atoms with Crippen LogP contribution in [0.1, 0.15) is 24.5 Å². The van der Waals surface area contributed by atoms with Crippen LogP contribution in [0.25, 0.3) is 0 Å². The van der Waals surface area contributed by atoms with Crippen molar-refractivity contribution in [3.63, 3.8) is 0 Å². The SMILES string of the molecule is CCCOc1ccc(C)cc1C(=N)N.Cl. The first kappa shape index (κ1) is 13.8.